The minimum absolute atomic E-state index is 0.216. The van der Waals surface area contributed by atoms with Crippen LogP contribution < -0.4 is 5.32 Å². The van der Waals surface area contributed by atoms with Gasteiger partial charge in [-0.05, 0) is 30.7 Å². The number of carbonyl (C=O) groups excluding carboxylic acids is 2. The molecule has 1 N–H and O–H groups in total. The normalized spacial score (nSPS) is 15.2. The summed E-state index contributed by atoms with van der Waals surface area (Å²) >= 11 is 1.56. The third-order valence-electron chi connectivity index (χ3n) is 4.23. The van der Waals surface area contributed by atoms with Crippen molar-refractivity contribution in [1.82, 2.24) is 0 Å². The first-order valence-electron chi connectivity index (χ1n) is 8.27. The van der Waals surface area contributed by atoms with Crippen LogP contribution in [0, 0.1) is 5.92 Å². The smallest absolute Gasteiger partial charge is 0.306 e. The molecule has 1 amide bonds. The molecule has 1 aliphatic rings. The molecule has 126 valence electrons. The molecule has 1 aromatic carbocycles. The van der Waals surface area contributed by atoms with Crippen LogP contribution in [0.1, 0.15) is 44.9 Å². The molecule has 0 heterocycles. The van der Waals surface area contributed by atoms with E-state index in [1.807, 2.05) is 30.5 Å². The van der Waals surface area contributed by atoms with Crippen molar-refractivity contribution in [3.63, 3.8) is 0 Å². The number of rotatable bonds is 7. The third-order valence-corrected chi connectivity index (χ3v) is 5.02. The molecule has 5 heteroatoms. The van der Waals surface area contributed by atoms with Gasteiger partial charge in [-0.15, -0.1) is 11.8 Å². The number of thioether (sulfide) groups is 1. The van der Waals surface area contributed by atoms with Gasteiger partial charge >= 0.3 is 5.97 Å². The summed E-state index contributed by atoms with van der Waals surface area (Å²) in [5, 5.41) is 2.79. The lowest BCUT2D eigenvalue weighted by atomic mass is 9.86. The maximum absolute atomic E-state index is 11.9. The molecular weight excluding hydrogens is 310 g/mol. The van der Waals surface area contributed by atoms with E-state index in [2.05, 4.69) is 5.32 Å². The fourth-order valence-electron chi connectivity index (χ4n) is 2.95. The number of hydrogen-bond acceptors (Lipinski definition) is 4. The Hall–Kier alpha value is -1.49. The van der Waals surface area contributed by atoms with Gasteiger partial charge in [0.05, 0.1) is 5.69 Å². The van der Waals surface area contributed by atoms with Crippen LogP contribution in [-0.2, 0) is 14.3 Å². The van der Waals surface area contributed by atoms with E-state index in [-0.39, 0.29) is 18.5 Å². The van der Waals surface area contributed by atoms with Crippen LogP contribution in [0.4, 0.5) is 5.69 Å². The lowest BCUT2D eigenvalue weighted by molar-refractivity contribution is -0.147. The van der Waals surface area contributed by atoms with Crippen molar-refractivity contribution < 1.29 is 14.3 Å². The monoisotopic (exact) mass is 335 g/mol. The Morgan fingerprint density at radius 2 is 1.96 bits per heavy atom. The van der Waals surface area contributed by atoms with E-state index in [1.165, 1.54) is 32.1 Å². The molecule has 2 rings (SSSR count). The molecule has 4 nitrogen and oxygen atoms in total. The molecule has 1 fully saturated rings. The summed E-state index contributed by atoms with van der Waals surface area (Å²) in [7, 11) is 0. The molecule has 0 spiro atoms. The molecule has 23 heavy (non-hydrogen) atoms. The van der Waals surface area contributed by atoms with E-state index in [9.17, 15) is 9.59 Å². The fraction of sp³-hybridized carbons (Fsp3) is 0.556. The Morgan fingerprint density at radius 1 is 1.22 bits per heavy atom. The first-order valence-corrected chi connectivity index (χ1v) is 9.50. The zero-order valence-electron chi connectivity index (χ0n) is 13.7. The van der Waals surface area contributed by atoms with Gasteiger partial charge in [0, 0.05) is 11.3 Å². The zero-order chi connectivity index (χ0) is 16.5. The largest absolute Gasteiger partial charge is 0.456 e. The Morgan fingerprint density at radius 3 is 2.70 bits per heavy atom. The number of anilines is 1. The van der Waals surface area contributed by atoms with Gasteiger partial charge in [0.2, 0.25) is 0 Å². The van der Waals surface area contributed by atoms with Crippen molar-refractivity contribution in [3.8, 4) is 0 Å². The number of nitrogens with one attached hydrogen (secondary N) is 1. The molecular formula is C18H25NO3S. The van der Waals surface area contributed by atoms with Crippen molar-refractivity contribution in [3.05, 3.63) is 24.3 Å². The first kappa shape index (κ1) is 17.9. The van der Waals surface area contributed by atoms with Gasteiger partial charge in [-0.1, -0.05) is 44.2 Å². The minimum Gasteiger partial charge on any atom is -0.456 e. The van der Waals surface area contributed by atoms with Crippen molar-refractivity contribution >= 4 is 29.3 Å². The molecule has 0 atom stereocenters. The number of benzene rings is 1. The van der Waals surface area contributed by atoms with Crippen LogP contribution in [0.2, 0.25) is 0 Å². The van der Waals surface area contributed by atoms with Crippen LogP contribution in [-0.4, -0.2) is 24.7 Å². The third kappa shape index (κ3) is 6.26. The van der Waals surface area contributed by atoms with Crippen LogP contribution in [0.5, 0.6) is 0 Å². The van der Waals surface area contributed by atoms with Gasteiger partial charge in [0.25, 0.3) is 5.91 Å². The van der Waals surface area contributed by atoms with E-state index in [0.717, 1.165) is 17.0 Å². The standard InChI is InChI=1S/C18H25NO3S/c1-23-16-10-6-5-9-15(16)19-17(20)13-22-18(21)12-11-14-7-3-2-4-8-14/h5-6,9-10,14H,2-4,7-8,11-13H2,1H3,(H,19,20). The summed E-state index contributed by atoms with van der Waals surface area (Å²) in [6.07, 6.45) is 9.57. The predicted molar refractivity (Wildman–Crippen MR) is 93.6 cm³/mol. The molecule has 0 bridgehead atoms. The number of hydrogen-bond donors (Lipinski definition) is 1. The van der Waals surface area contributed by atoms with Gasteiger partial charge in [0.1, 0.15) is 0 Å². The first-order chi connectivity index (χ1) is 11.2. The topological polar surface area (TPSA) is 55.4 Å². The van der Waals surface area contributed by atoms with Crippen LogP contribution in [0.15, 0.2) is 29.2 Å². The lowest BCUT2D eigenvalue weighted by Crippen LogP contribution is -2.21. The second kappa shape index (κ2) is 9.60. The van der Waals surface area contributed by atoms with E-state index >= 15 is 0 Å². The highest BCUT2D eigenvalue weighted by Crippen LogP contribution is 2.27. The Labute approximate surface area is 142 Å². The number of esters is 1. The highest BCUT2D eigenvalue weighted by molar-refractivity contribution is 7.98. The Kier molecular flexibility index (Phi) is 7.46. The summed E-state index contributed by atoms with van der Waals surface area (Å²) in [5.41, 5.74) is 0.753. The van der Waals surface area contributed by atoms with Gasteiger partial charge < -0.3 is 10.1 Å². The lowest BCUT2D eigenvalue weighted by Gasteiger charge is -2.20. The molecule has 0 aromatic heterocycles. The van der Waals surface area contributed by atoms with Gasteiger partial charge in [-0.3, -0.25) is 9.59 Å². The Bertz CT molecular complexity index is 527. The number of ether oxygens (including phenoxy) is 1. The SMILES string of the molecule is CSc1ccccc1NC(=O)COC(=O)CCC1CCCCC1. The zero-order valence-corrected chi connectivity index (χ0v) is 14.5. The quantitative estimate of drug-likeness (QED) is 0.598. The van der Waals surface area contributed by atoms with Gasteiger partial charge in [0.15, 0.2) is 6.61 Å². The van der Waals surface area contributed by atoms with E-state index in [4.69, 9.17) is 4.74 Å². The number of para-hydroxylation sites is 1. The Balaban J connectivity index is 1.68. The fourth-order valence-corrected chi connectivity index (χ4v) is 3.50. The molecule has 1 saturated carbocycles. The minimum atomic E-state index is -0.294. The molecule has 0 unspecified atom stereocenters. The number of amides is 1. The van der Waals surface area contributed by atoms with Gasteiger partial charge in [-0.2, -0.15) is 0 Å². The van der Waals surface area contributed by atoms with Crippen molar-refractivity contribution in [2.24, 2.45) is 5.92 Å². The average Bonchev–Trinajstić information content (AvgIpc) is 2.59. The van der Waals surface area contributed by atoms with Crippen molar-refractivity contribution in [2.75, 3.05) is 18.2 Å². The maximum Gasteiger partial charge on any atom is 0.306 e. The summed E-state index contributed by atoms with van der Waals surface area (Å²) in [5.74, 6) is 0.0833. The van der Waals surface area contributed by atoms with Crippen LogP contribution in [0.25, 0.3) is 0 Å². The summed E-state index contributed by atoms with van der Waals surface area (Å²) < 4.78 is 5.08. The summed E-state index contributed by atoms with van der Waals surface area (Å²) in [6.45, 7) is -0.216. The van der Waals surface area contributed by atoms with Crippen LogP contribution >= 0.6 is 11.8 Å². The molecule has 1 aliphatic carbocycles. The second-order valence-electron chi connectivity index (χ2n) is 5.95. The molecule has 0 radical (unpaired) electrons. The average molecular weight is 335 g/mol. The number of carbonyl (C=O) groups is 2. The molecule has 0 aliphatic heterocycles. The van der Waals surface area contributed by atoms with Crippen molar-refractivity contribution in [1.29, 1.82) is 0 Å². The highest BCUT2D eigenvalue weighted by atomic mass is 32.2. The summed E-state index contributed by atoms with van der Waals surface area (Å²) in [6, 6.07) is 7.57. The van der Waals surface area contributed by atoms with E-state index in [1.54, 1.807) is 11.8 Å². The molecule has 1 aromatic rings. The van der Waals surface area contributed by atoms with Crippen molar-refractivity contribution in [2.45, 2.75) is 49.8 Å². The van der Waals surface area contributed by atoms with E-state index in [0.29, 0.717) is 12.3 Å². The maximum atomic E-state index is 11.9. The molecule has 0 saturated heterocycles. The second-order valence-corrected chi connectivity index (χ2v) is 6.80. The predicted octanol–water partition coefficient (Wildman–Crippen LogP) is 4.25. The van der Waals surface area contributed by atoms with Crippen LogP contribution in [0.3, 0.4) is 0 Å². The van der Waals surface area contributed by atoms with E-state index < -0.39 is 0 Å². The van der Waals surface area contributed by atoms with Gasteiger partial charge in [-0.25, -0.2) is 0 Å². The highest BCUT2D eigenvalue weighted by Gasteiger charge is 2.16. The summed E-state index contributed by atoms with van der Waals surface area (Å²) in [4.78, 5) is 24.6.